The summed E-state index contributed by atoms with van der Waals surface area (Å²) in [4.78, 5) is 11.8. The highest BCUT2D eigenvalue weighted by Crippen LogP contribution is 2.21. The van der Waals surface area contributed by atoms with E-state index in [1.165, 1.54) is 0 Å². The Bertz CT molecular complexity index is 647. The van der Waals surface area contributed by atoms with Gasteiger partial charge in [-0.2, -0.15) is 0 Å². The van der Waals surface area contributed by atoms with Crippen molar-refractivity contribution in [2.45, 2.75) is 20.8 Å². The lowest BCUT2D eigenvalue weighted by molar-refractivity contribution is -0.123. The van der Waals surface area contributed by atoms with Crippen LogP contribution in [0, 0.1) is 20.8 Å². The number of hydrogen-bond donors (Lipinski definition) is 1. The zero-order valence-electron chi connectivity index (χ0n) is 13.9. The molecule has 4 heteroatoms. The van der Waals surface area contributed by atoms with Crippen LogP contribution in [0.5, 0.6) is 11.5 Å². The SMILES string of the molecule is Cc1cccc(OCCNC(=O)COc2c(C)cccc2C)c1. The van der Waals surface area contributed by atoms with Crippen molar-refractivity contribution in [3.05, 3.63) is 59.2 Å². The van der Waals surface area contributed by atoms with Gasteiger partial charge in [0.05, 0.1) is 6.54 Å². The van der Waals surface area contributed by atoms with E-state index in [2.05, 4.69) is 5.32 Å². The van der Waals surface area contributed by atoms with Gasteiger partial charge in [0.25, 0.3) is 5.91 Å². The van der Waals surface area contributed by atoms with Crippen molar-refractivity contribution in [3.8, 4) is 11.5 Å². The number of para-hydroxylation sites is 1. The van der Waals surface area contributed by atoms with Gasteiger partial charge in [-0.1, -0.05) is 30.3 Å². The zero-order valence-corrected chi connectivity index (χ0v) is 13.9. The number of rotatable bonds is 7. The maximum atomic E-state index is 11.8. The minimum absolute atomic E-state index is 0.0101. The molecule has 4 nitrogen and oxygen atoms in total. The Morgan fingerprint density at radius 2 is 1.70 bits per heavy atom. The van der Waals surface area contributed by atoms with E-state index < -0.39 is 0 Å². The van der Waals surface area contributed by atoms with Gasteiger partial charge in [0.1, 0.15) is 18.1 Å². The molecule has 0 fully saturated rings. The average molecular weight is 313 g/mol. The third-order valence-electron chi connectivity index (χ3n) is 3.44. The van der Waals surface area contributed by atoms with Crippen molar-refractivity contribution in [3.63, 3.8) is 0 Å². The molecular formula is C19H23NO3. The molecule has 2 aromatic carbocycles. The van der Waals surface area contributed by atoms with Crippen molar-refractivity contribution in [1.82, 2.24) is 5.32 Å². The molecule has 0 aliphatic rings. The molecule has 0 aromatic heterocycles. The summed E-state index contributed by atoms with van der Waals surface area (Å²) in [6, 6.07) is 13.7. The van der Waals surface area contributed by atoms with Gasteiger partial charge in [-0.05, 0) is 49.6 Å². The van der Waals surface area contributed by atoms with E-state index in [9.17, 15) is 4.79 Å². The summed E-state index contributed by atoms with van der Waals surface area (Å²) in [7, 11) is 0. The molecule has 122 valence electrons. The average Bonchev–Trinajstić information content (AvgIpc) is 2.51. The largest absolute Gasteiger partial charge is 0.492 e. The molecule has 0 aliphatic carbocycles. The summed E-state index contributed by atoms with van der Waals surface area (Å²) in [5.41, 5.74) is 3.20. The smallest absolute Gasteiger partial charge is 0.258 e. The standard InChI is InChI=1S/C19H23NO3/c1-14-6-4-9-17(12-14)22-11-10-20-18(21)13-23-19-15(2)7-5-8-16(19)3/h4-9,12H,10-11,13H2,1-3H3,(H,20,21). The lowest BCUT2D eigenvalue weighted by atomic mass is 10.1. The van der Waals surface area contributed by atoms with Crippen LogP contribution in [0.1, 0.15) is 16.7 Å². The highest BCUT2D eigenvalue weighted by molar-refractivity contribution is 5.77. The number of carbonyl (C=O) groups excluding carboxylic acids is 1. The fourth-order valence-electron chi connectivity index (χ4n) is 2.28. The van der Waals surface area contributed by atoms with Crippen molar-refractivity contribution in [2.24, 2.45) is 0 Å². The van der Waals surface area contributed by atoms with E-state index in [0.29, 0.717) is 13.2 Å². The summed E-state index contributed by atoms with van der Waals surface area (Å²) >= 11 is 0. The van der Waals surface area contributed by atoms with Crippen LogP contribution in [0.25, 0.3) is 0 Å². The number of nitrogens with one attached hydrogen (secondary N) is 1. The Morgan fingerprint density at radius 1 is 1.00 bits per heavy atom. The number of benzene rings is 2. The monoisotopic (exact) mass is 313 g/mol. The summed E-state index contributed by atoms with van der Waals surface area (Å²) in [5, 5.41) is 2.79. The van der Waals surface area contributed by atoms with Crippen LogP contribution < -0.4 is 14.8 Å². The molecule has 1 N–H and O–H groups in total. The molecule has 0 saturated carbocycles. The van der Waals surface area contributed by atoms with E-state index >= 15 is 0 Å². The van der Waals surface area contributed by atoms with Crippen LogP contribution in [0.4, 0.5) is 0 Å². The lowest BCUT2D eigenvalue weighted by Gasteiger charge is -2.12. The molecule has 2 rings (SSSR count). The summed E-state index contributed by atoms with van der Waals surface area (Å²) in [5.74, 6) is 1.44. The molecule has 0 saturated heterocycles. The van der Waals surface area contributed by atoms with Crippen molar-refractivity contribution in [1.29, 1.82) is 0 Å². The Balaban J connectivity index is 1.69. The van der Waals surface area contributed by atoms with Crippen LogP contribution in [0.3, 0.4) is 0 Å². The zero-order chi connectivity index (χ0) is 16.7. The first-order valence-corrected chi connectivity index (χ1v) is 7.71. The molecule has 1 amide bonds. The fraction of sp³-hybridized carbons (Fsp3) is 0.316. The normalized spacial score (nSPS) is 10.2. The van der Waals surface area contributed by atoms with Crippen LogP contribution in [0.2, 0.25) is 0 Å². The highest BCUT2D eigenvalue weighted by Gasteiger charge is 2.06. The van der Waals surface area contributed by atoms with Crippen molar-refractivity contribution >= 4 is 5.91 Å². The number of amides is 1. The second-order valence-electron chi connectivity index (χ2n) is 5.52. The van der Waals surface area contributed by atoms with E-state index in [1.807, 2.05) is 63.2 Å². The summed E-state index contributed by atoms with van der Waals surface area (Å²) in [6.45, 7) is 6.84. The number of carbonyl (C=O) groups is 1. The molecule has 0 unspecified atom stereocenters. The van der Waals surface area contributed by atoms with Crippen molar-refractivity contribution < 1.29 is 14.3 Å². The summed E-state index contributed by atoms with van der Waals surface area (Å²) < 4.78 is 11.2. The Labute approximate surface area is 137 Å². The third-order valence-corrected chi connectivity index (χ3v) is 3.44. The number of hydrogen-bond acceptors (Lipinski definition) is 3. The predicted octanol–water partition coefficient (Wildman–Crippen LogP) is 3.19. The van der Waals surface area contributed by atoms with Gasteiger partial charge < -0.3 is 14.8 Å². The van der Waals surface area contributed by atoms with Gasteiger partial charge in [0, 0.05) is 0 Å². The van der Waals surface area contributed by atoms with Crippen LogP contribution in [-0.2, 0) is 4.79 Å². The van der Waals surface area contributed by atoms with E-state index in [-0.39, 0.29) is 12.5 Å². The van der Waals surface area contributed by atoms with Crippen molar-refractivity contribution in [2.75, 3.05) is 19.8 Å². The molecule has 0 atom stereocenters. The Hall–Kier alpha value is -2.49. The number of aryl methyl sites for hydroxylation is 3. The van der Waals surface area contributed by atoms with E-state index in [1.54, 1.807) is 0 Å². The molecule has 0 spiro atoms. The molecule has 2 aromatic rings. The van der Waals surface area contributed by atoms with E-state index in [0.717, 1.165) is 28.2 Å². The van der Waals surface area contributed by atoms with E-state index in [4.69, 9.17) is 9.47 Å². The van der Waals surface area contributed by atoms with Gasteiger partial charge in [0.2, 0.25) is 0 Å². The maximum Gasteiger partial charge on any atom is 0.258 e. The minimum atomic E-state index is -0.152. The first-order valence-electron chi connectivity index (χ1n) is 7.71. The molecule has 0 radical (unpaired) electrons. The van der Waals surface area contributed by atoms with Gasteiger partial charge in [-0.15, -0.1) is 0 Å². The van der Waals surface area contributed by atoms with Crippen LogP contribution in [0.15, 0.2) is 42.5 Å². The van der Waals surface area contributed by atoms with Crippen LogP contribution >= 0.6 is 0 Å². The predicted molar refractivity (Wildman–Crippen MR) is 91.1 cm³/mol. The molecule has 0 aliphatic heterocycles. The first-order chi connectivity index (χ1) is 11.1. The third kappa shape index (κ3) is 5.33. The Morgan fingerprint density at radius 3 is 2.39 bits per heavy atom. The second kappa shape index (κ2) is 8.22. The Kier molecular flexibility index (Phi) is 6.03. The molecular weight excluding hydrogens is 290 g/mol. The lowest BCUT2D eigenvalue weighted by Crippen LogP contribution is -2.32. The fourth-order valence-corrected chi connectivity index (χ4v) is 2.28. The van der Waals surface area contributed by atoms with Crippen LogP contribution in [-0.4, -0.2) is 25.7 Å². The summed E-state index contributed by atoms with van der Waals surface area (Å²) in [6.07, 6.45) is 0. The maximum absolute atomic E-state index is 11.8. The topological polar surface area (TPSA) is 47.6 Å². The first kappa shape index (κ1) is 16.9. The van der Waals surface area contributed by atoms with Gasteiger partial charge in [-0.25, -0.2) is 0 Å². The molecule has 0 bridgehead atoms. The van der Waals surface area contributed by atoms with Gasteiger partial charge >= 0.3 is 0 Å². The molecule has 0 heterocycles. The minimum Gasteiger partial charge on any atom is -0.492 e. The van der Waals surface area contributed by atoms with Gasteiger partial charge in [-0.3, -0.25) is 4.79 Å². The molecule has 23 heavy (non-hydrogen) atoms. The number of ether oxygens (including phenoxy) is 2. The van der Waals surface area contributed by atoms with Gasteiger partial charge in [0.15, 0.2) is 6.61 Å². The highest BCUT2D eigenvalue weighted by atomic mass is 16.5. The second-order valence-corrected chi connectivity index (χ2v) is 5.52. The quantitative estimate of drug-likeness (QED) is 0.799.